The van der Waals surface area contributed by atoms with Crippen LogP contribution in [0.25, 0.3) is 0 Å². The Kier molecular flexibility index (Phi) is 4.18. The molecular weight excluding hydrogens is 250 g/mol. The van der Waals surface area contributed by atoms with Gasteiger partial charge in [0, 0.05) is 17.3 Å². The Morgan fingerprint density at radius 2 is 1.84 bits per heavy atom. The van der Waals surface area contributed by atoms with Gasteiger partial charge in [-0.1, -0.05) is 43.2 Å². The largest absolute Gasteiger partial charge is 0.313 e. The van der Waals surface area contributed by atoms with Crippen molar-refractivity contribution in [2.45, 2.75) is 55.2 Å². The molecule has 0 bridgehead atoms. The molecule has 2 aliphatic rings. The van der Waals surface area contributed by atoms with E-state index in [1.165, 1.54) is 50.6 Å². The molecule has 0 aliphatic heterocycles. The summed E-state index contributed by atoms with van der Waals surface area (Å²) in [6.45, 7) is 1.22. The van der Waals surface area contributed by atoms with E-state index in [2.05, 4.69) is 53.7 Å². The number of rotatable bonds is 5. The van der Waals surface area contributed by atoms with Crippen LogP contribution < -0.4 is 5.32 Å². The van der Waals surface area contributed by atoms with Gasteiger partial charge in [-0.3, -0.25) is 0 Å². The average Bonchev–Trinajstić information content (AvgIpc) is 2.88. The highest BCUT2D eigenvalue weighted by molar-refractivity contribution is 8.00. The van der Waals surface area contributed by atoms with Crippen molar-refractivity contribution >= 4 is 11.8 Å². The van der Waals surface area contributed by atoms with Crippen LogP contribution in [0.15, 0.2) is 30.3 Å². The summed E-state index contributed by atoms with van der Waals surface area (Å²) in [5.41, 5.74) is 1.53. The summed E-state index contributed by atoms with van der Waals surface area (Å²) in [6, 6.07) is 11.8. The van der Waals surface area contributed by atoms with Crippen LogP contribution in [0.5, 0.6) is 0 Å². The summed E-state index contributed by atoms with van der Waals surface area (Å²) in [4.78, 5) is 0. The van der Waals surface area contributed by atoms with Gasteiger partial charge in [-0.2, -0.15) is 11.8 Å². The molecule has 2 fully saturated rings. The van der Waals surface area contributed by atoms with E-state index in [9.17, 15) is 0 Å². The van der Waals surface area contributed by atoms with Crippen molar-refractivity contribution in [2.24, 2.45) is 0 Å². The van der Waals surface area contributed by atoms with E-state index in [1.54, 1.807) is 0 Å². The number of nitrogens with one attached hydrogen (secondary N) is 1. The van der Waals surface area contributed by atoms with E-state index < -0.39 is 0 Å². The Labute approximate surface area is 121 Å². The van der Waals surface area contributed by atoms with E-state index in [4.69, 9.17) is 0 Å². The molecule has 0 heterocycles. The molecule has 0 radical (unpaired) electrons. The van der Waals surface area contributed by atoms with E-state index in [0.29, 0.717) is 4.75 Å². The predicted octanol–water partition coefficient (Wildman–Crippen LogP) is 4.20. The molecule has 0 amide bonds. The van der Waals surface area contributed by atoms with Gasteiger partial charge < -0.3 is 5.32 Å². The minimum atomic E-state index is 0.553. The molecule has 0 unspecified atom stereocenters. The first-order chi connectivity index (χ1) is 9.31. The maximum atomic E-state index is 3.83. The molecule has 2 saturated carbocycles. The molecule has 0 atom stereocenters. The van der Waals surface area contributed by atoms with E-state index in [0.717, 1.165) is 12.0 Å². The van der Waals surface area contributed by atoms with Gasteiger partial charge in [0.2, 0.25) is 0 Å². The molecular formula is C17H25NS. The molecule has 1 nitrogen and oxygen atoms in total. The van der Waals surface area contributed by atoms with Crippen LogP contribution in [0.1, 0.15) is 50.0 Å². The van der Waals surface area contributed by atoms with Gasteiger partial charge in [0.25, 0.3) is 0 Å². The molecule has 104 valence electrons. The summed E-state index contributed by atoms with van der Waals surface area (Å²) in [6.07, 6.45) is 10.6. The summed E-state index contributed by atoms with van der Waals surface area (Å²) < 4.78 is 0.553. The van der Waals surface area contributed by atoms with Gasteiger partial charge in [-0.05, 0) is 43.4 Å². The third-order valence-corrected chi connectivity index (χ3v) is 6.49. The fourth-order valence-electron chi connectivity index (χ4n) is 3.58. The first-order valence-electron chi connectivity index (χ1n) is 7.65. The number of hydrogen-bond acceptors (Lipinski definition) is 2. The van der Waals surface area contributed by atoms with Crippen molar-refractivity contribution in [2.75, 3.05) is 12.8 Å². The van der Waals surface area contributed by atoms with Crippen LogP contribution in [0.2, 0.25) is 0 Å². The fourth-order valence-corrected chi connectivity index (χ4v) is 4.51. The zero-order valence-electron chi connectivity index (χ0n) is 11.9. The van der Waals surface area contributed by atoms with E-state index in [1.807, 2.05) is 0 Å². The van der Waals surface area contributed by atoms with E-state index >= 15 is 0 Å². The second-order valence-electron chi connectivity index (χ2n) is 6.25. The Hall–Kier alpha value is -0.470. The van der Waals surface area contributed by atoms with Crippen molar-refractivity contribution in [1.29, 1.82) is 0 Å². The zero-order chi connectivity index (χ0) is 13.1. The maximum absolute atomic E-state index is 3.83. The van der Waals surface area contributed by atoms with Crippen LogP contribution in [-0.2, 0) is 0 Å². The maximum Gasteiger partial charge on any atom is 0.0281 e. The highest BCUT2D eigenvalue weighted by Gasteiger charge is 2.36. The van der Waals surface area contributed by atoms with Crippen LogP contribution in [0.3, 0.4) is 0 Å². The Morgan fingerprint density at radius 1 is 1.16 bits per heavy atom. The lowest BCUT2D eigenvalue weighted by Crippen LogP contribution is -2.46. The first kappa shape index (κ1) is 13.5. The molecule has 19 heavy (non-hydrogen) atoms. The van der Waals surface area contributed by atoms with Gasteiger partial charge in [0.15, 0.2) is 0 Å². The van der Waals surface area contributed by atoms with Gasteiger partial charge >= 0.3 is 0 Å². The normalized spacial score (nSPS) is 29.1. The average molecular weight is 275 g/mol. The highest BCUT2D eigenvalue weighted by Crippen LogP contribution is 2.41. The molecule has 1 aromatic rings. The topological polar surface area (TPSA) is 12.0 Å². The predicted molar refractivity (Wildman–Crippen MR) is 84.9 cm³/mol. The molecule has 2 heteroatoms. The summed E-state index contributed by atoms with van der Waals surface area (Å²) in [5.74, 6) is 0.799. The molecule has 1 aromatic carbocycles. The molecule has 0 saturated heterocycles. The number of thioether (sulfide) groups is 1. The van der Waals surface area contributed by atoms with Crippen molar-refractivity contribution < 1.29 is 0 Å². The van der Waals surface area contributed by atoms with Gasteiger partial charge in [-0.25, -0.2) is 0 Å². The van der Waals surface area contributed by atoms with Crippen molar-refractivity contribution in [1.82, 2.24) is 5.32 Å². The lowest BCUT2D eigenvalue weighted by molar-refractivity contribution is 0.282. The van der Waals surface area contributed by atoms with Crippen molar-refractivity contribution in [3.05, 3.63) is 35.9 Å². The molecule has 1 N–H and O–H groups in total. The van der Waals surface area contributed by atoms with Gasteiger partial charge in [0.05, 0.1) is 0 Å². The standard InChI is InChI=1S/C17H25NS/c1-19-17(9-5-6-10-17)13-18-16-11-15(12-16)14-7-3-2-4-8-14/h2-4,7-8,15-16,18H,5-6,9-13H2,1H3. The van der Waals surface area contributed by atoms with Gasteiger partial charge in [-0.15, -0.1) is 0 Å². The minimum Gasteiger partial charge on any atom is -0.313 e. The summed E-state index contributed by atoms with van der Waals surface area (Å²) in [5, 5.41) is 3.83. The molecule has 0 aromatic heterocycles. The fraction of sp³-hybridized carbons (Fsp3) is 0.647. The van der Waals surface area contributed by atoms with E-state index in [-0.39, 0.29) is 0 Å². The third-order valence-electron chi connectivity index (χ3n) is 5.07. The number of hydrogen-bond donors (Lipinski definition) is 1. The number of benzene rings is 1. The third kappa shape index (κ3) is 3.00. The highest BCUT2D eigenvalue weighted by atomic mass is 32.2. The Balaban J connectivity index is 1.44. The second-order valence-corrected chi connectivity index (χ2v) is 7.53. The Morgan fingerprint density at radius 3 is 2.47 bits per heavy atom. The molecule has 3 rings (SSSR count). The molecule has 0 spiro atoms. The van der Waals surface area contributed by atoms with Gasteiger partial charge in [0.1, 0.15) is 0 Å². The summed E-state index contributed by atoms with van der Waals surface area (Å²) in [7, 11) is 0. The summed E-state index contributed by atoms with van der Waals surface area (Å²) >= 11 is 2.09. The second kappa shape index (κ2) is 5.88. The monoisotopic (exact) mass is 275 g/mol. The lowest BCUT2D eigenvalue weighted by atomic mass is 9.76. The Bertz CT molecular complexity index is 391. The van der Waals surface area contributed by atoms with Crippen LogP contribution >= 0.6 is 11.8 Å². The van der Waals surface area contributed by atoms with Crippen molar-refractivity contribution in [3.63, 3.8) is 0 Å². The van der Waals surface area contributed by atoms with Crippen LogP contribution in [0.4, 0.5) is 0 Å². The smallest absolute Gasteiger partial charge is 0.0281 e. The van der Waals surface area contributed by atoms with Crippen LogP contribution in [-0.4, -0.2) is 23.6 Å². The zero-order valence-corrected chi connectivity index (χ0v) is 12.7. The minimum absolute atomic E-state index is 0.553. The van der Waals surface area contributed by atoms with Crippen molar-refractivity contribution in [3.8, 4) is 0 Å². The van der Waals surface area contributed by atoms with Crippen LogP contribution in [0, 0.1) is 0 Å². The lowest BCUT2D eigenvalue weighted by Gasteiger charge is -2.39. The SMILES string of the molecule is CSC1(CNC2CC(c3ccccc3)C2)CCCC1. The quantitative estimate of drug-likeness (QED) is 0.864. The molecule has 2 aliphatic carbocycles. The first-order valence-corrected chi connectivity index (χ1v) is 8.87.